The van der Waals surface area contributed by atoms with Gasteiger partial charge in [-0.3, -0.25) is 4.90 Å². The van der Waals surface area contributed by atoms with E-state index in [-0.39, 0.29) is 0 Å². The number of hydrogen-bond acceptors (Lipinski definition) is 7. The van der Waals surface area contributed by atoms with E-state index in [1.54, 1.807) is 17.7 Å². The van der Waals surface area contributed by atoms with Gasteiger partial charge in [0.1, 0.15) is 16.7 Å². The molecular weight excluding hydrogens is 322 g/mol. The Morgan fingerprint density at radius 2 is 2.00 bits per heavy atom. The Kier molecular flexibility index (Phi) is 4.91. The second kappa shape index (κ2) is 7.29. The Morgan fingerprint density at radius 3 is 2.75 bits per heavy atom. The third-order valence-electron chi connectivity index (χ3n) is 5.14. The minimum Gasteiger partial charge on any atom is -0.379 e. The molecule has 24 heavy (non-hydrogen) atoms. The van der Waals surface area contributed by atoms with E-state index in [9.17, 15) is 0 Å². The molecule has 6 nitrogen and oxygen atoms in total. The molecule has 1 saturated heterocycles. The molecule has 2 fully saturated rings. The molecule has 2 aliphatic rings. The Hall–Kier alpha value is -1.31. The summed E-state index contributed by atoms with van der Waals surface area (Å²) in [6.45, 7) is 6.09. The van der Waals surface area contributed by atoms with Crippen molar-refractivity contribution in [3.63, 3.8) is 0 Å². The van der Waals surface area contributed by atoms with E-state index >= 15 is 0 Å². The molecule has 1 aliphatic carbocycles. The van der Waals surface area contributed by atoms with Gasteiger partial charge >= 0.3 is 0 Å². The number of fused-ring (bicyclic) bond motifs is 1. The first-order valence-corrected chi connectivity index (χ1v) is 9.84. The number of aryl methyl sites for hydroxylation is 1. The van der Waals surface area contributed by atoms with Crippen LogP contribution in [0.4, 0.5) is 5.82 Å². The van der Waals surface area contributed by atoms with Crippen LogP contribution in [-0.4, -0.2) is 58.2 Å². The van der Waals surface area contributed by atoms with Gasteiger partial charge < -0.3 is 10.1 Å². The monoisotopic (exact) mass is 347 g/mol. The van der Waals surface area contributed by atoms with Crippen LogP contribution in [0.3, 0.4) is 0 Å². The molecule has 130 valence electrons. The van der Waals surface area contributed by atoms with Gasteiger partial charge in [-0.15, -0.1) is 0 Å². The van der Waals surface area contributed by atoms with E-state index < -0.39 is 0 Å². The lowest BCUT2D eigenvalue weighted by atomic mass is 9.90. The predicted molar refractivity (Wildman–Crippen MR) is 96.6 cm³/mol. The largest absolute Gasteiger partial charge is 0.379 e. The van der Waals surface area contributed by atoms with E-state index in [2.05, 4.69) is 27.1 Å². The summed E-state index contributed by atoms with van der Waals surface area (Å²) in [7, 11) is 0. The zero-order valence-corrected chi connectivity index (χ0v) is 15.0. The maximum absolute atomic E-state index is 5.47. The summed E-state index contributed by atoms with van der Waals surface area (Å²) in [5, 5.41) is 4.76. The topological polar surface area (TPSA) is 63.2 Å². The SMILES string of the molecule is CCc1nc2c(N[C@H]3CC[C@H](N4CCOCC4)CC3)ncnc2s1. The van der Waals surface area contributed by atoms with E-state index in [1.165, 1.54) is 25.7 Å². The Morgan fingerprint density at radius 1 is 1.21 bits per heavy atom. The molecule has 0 amide bonds. The van der Waals surface area contributed by atoms with E-state index in [1.807, 2.05) is 0 Å². The average Bonchev–Trinajstić information content (AvgIpc) is 3.08. The molecule has 0 spiro atoms. The maximum Gasteiger partial charge on any atom is 0.157 e. The molecule has 2 aromatic heterocycles. The van der Waals surface area contributed by atoms with Gasteiger partial charge in [0, 0.05) is 25.2 Å². The van der Waals surface area contributed by atoms with Gasteiger partial charge in [0.2, 0.25) is 0 Å². The van der Waals surface area contributed by atoms with Crippen molar-refractivity contribution < 1.29 is 4.74 Å². The van der Waals surface area contributed by atoms with Gasteiger partial charge in [-0.05, 0) is 32.1 Å². The molecule has 1 aliphatic heterocycles. The van der Waals surface area contributed by atoms with E-state index in [4.69, 9.17) is 9.72 Å². The van der Waals surface area contributed by atoms with Gasteiger partial charge in [-0.1, -0.05) is 18.3 Å². The van der Waals surface area contributed by atoms with Crippen molar-refractivity contribution in [1.82, 2.24) is 19.9 Å². The number of rotatable bonds is 4. The molecule has 1 N–H and O–H groups in total. The van der Waals surface area contributed by atoms with Crippen LogP contribution in [0.25, 0.3) is 10.3 Å². The molecule has 7 heteroatoms. The molecule has 2 aromatic rings. The number of morpholine rings is 1. The number of thiazole rings is 1. The van der Waals surface area contributed by atoms with Crippen molar-refractivity contribution in [2.24, 2.45) is 0 Å². The van der Waals surface area contributed by atoms with Crippen molar-refractivity contribution in [1.29, 1.82) is 0 Å². The summed E-state index contributed by atoms with van der Waals surface area (Å²) in [6.07, 6.45) is 7.50. The summed E-state index contributed by atoms with van der Waals surface area (Å²) in [6, 6.07) is 1.22. The first-order chi connectivity index (χ1) is 11.8. The third kappa shape index (κ3) is 3.38. The summed E-state index contributed by atoms with van der Waals surface area (Å²) in [5.74, 6) is 0.908. The fourth-order valence-electron chi connectivity index (χ4n) is 3.78. The molecule has 3 heterocycles. The smallest absolute Gasteiger partial charge is 0.157 e. The minimum atomic E-state index is 0.493. The predicted octanol–water partition coefficient (Wildman–Crippen LogP) is 2.70. The number of hydrogen-bond donors (Lipinski definition) is 1. The number of aromatic nitrogens is 3. The molecule has 0 aromatic carbocycles. The van der Waals surface area contributed by atoms with Crippen molar-refractivity contribution in [2.75, 3.05) is 31.6 Å². The Labute approximate surface area is 146 Å². The van der Waals surface area contributed by atoms with Crippen molar-refractivity contribution in [3.8, 4) is 0 Å². The highest BCUT2D eigenvalue weighted by Crippen LogP contribution is 2.29. The molecule has 0 radical (unpaired) electrons. The second-order valence-electron chi connectivity index (χ2n) is 6.64. The lowest BCUT2D eigenvalue weighted by Gasteiger charge is -2.39. The van der Waals surface area contributed by atoms with Gasteiger partial charge in [0.05, 0.1) is 18.2 Å². The zero-order chi connectivity index (χ0) is 16.4. The molecule has 4 rings (SSSR count). The molecule has 0 bridgehead atoms. The lowest BCUT2D eigenvalue weighted by Crippen LogP contribution is -2.46. The zero-order valence-electron chi connectivity index (χ0n) is 14.2. The first-order valence-electron chi connectivity index (χ1n) is 9.02. The van der Waals surface area contributed by atoms with Crippen molar-refractivity contribution in [2.45, 2.75) is 51.1 Å². The van der Waals surface area contributed by atoms with Crippen LogP contribution in [-0.2, 0) is 11.2 Å². The van der Waals surface area contributed by atoms with Gasteiger partial charge in [-0.2, -0.15) is 0 Å². The summed E-state index contributed by atoms with van der Waals surface area (Å²) < 4.78 is 5.47. The van der Waals surface area contributed by atoms with E-state index in [0.717, 1.165) is 59.9 Å². The average molecular weight is 347 g/mol. The van der Waals surface area contributed by atoms with Crippen LogP contribution in [0.2, 0.25) is 0 Å². The van der Waals surface area contributed by atoms with Crippen LogP contribution in [0, 0.1) is 0 Å². The van der Waals surface area contributed by atoms with Crippen molar-refractivity contribution in [3.05, 3.63) is 11.3 Å². The summed E-state index contributed by atoms with van der Waals surface area (Å²) in [5.41, 5.74) is 0.939. The molecule has 0 unspecified atom stereocenters. The fraction of sp³-hybridized carbons (Fsp3) is 0.706. The van der Waals surface area contributed by atoms with Crippen LogP contribution < -0.4 is 5.32 Å². The standard InChI is InChI=1S/C17H25N5OS/c1-2-14-21-15-16(18-11-19-17(15)24-14)20-12-3-5-13(6-4-12)22-7-9-23-10-8-22/h11-13H,2-10H2,1H3,(H,18,19,20)/t12-,13-. The summed E-state index contributed by atoms with van der Waals surface area (Å²) in [4.78, 5) is 17.1. The normalized spacial score (nSPS) is 25.9. The first kappa shape index (κ1) is 16.2. The van der Waals surface area contributed by atoms with Crippen LogP contribution in [0.1, 0.15) is 37.6 Å². The van der Waals surface area contributed by atoms with Crippen LogP contribution in [0.5, 0.6) is 0 Å². The third-order valence-corrected chi connectivity index (χ3v) is 6.25. The highest BCUT2D eigenvalue weighted by molar-refractivity contribution is 7.18. The van der Waals surface area contributed by atoms with Gasteiger partial charge in [0.15, 0.2) is 5.82 Å². The number of nitrogens with zero attached hydrogens (tertiary/aromatic N) is 4. The molecular formula is C17H25N5OS. The number of anilines is 1. The van der Waals surface area contributed by atoms with Gasteiger partial charge in [0.25, 0.3) is 0 Å². The highest BCUT2D eigenvalue weighted by Gasteiger charge is 2.27. The van der Waals surface area contributed by atoms with Crippen LogP contribution in [0.15, 0.2) is 6.33 Å². The number of nitrogens with one attached hydrogen (secondary N) is 1. The minimum absolute atomic E-state index is 0.493. The van der Waals surface area contributed by atoms with Gasteiger partial charge in [-0.25, -0.2) is 15.0 Å². The Balaban J connectivity index is 1.39. The lowest BCUT2D eigenvalue weighted by molar-refractivity contribution is 0.00791. The van der Waals surface area contributed by atoms with E-state index in [0.29, 0.717) is 6.04 Å². The summed E-state index contributed by atoms with van der Waals surface area (Å²) >= 11 is 1.67. The van der Waals surface area contributed by atoms with Crippen LogP contribution >= 0.6 is 11.3 Å². The Bertz CT molecular complexity index is 677. The molecule has 1 saturated carbocycles. The maximum atomic E-state index is 5.47. The van der Waals surface area contributed by atoms with Crippen molar-refractivity contribution >= 4 is 27.5 Å². The molecule has 0 atom stereocenters. The second-order valence-corrected chi connectivity index (χ2v) is 7.70. The quantitative estimate of drug-likeness (QED) is 0.917. The number of ether oxygens (including phenoxy) is 1. The highest BCUT2D eigenvalue weighted by atomic mass is 32.1. The fourth-order valence-corrected chi connectivity index (χ4v) is 4.62.